The second-order valence-corrected chi connectivity index (χ2v) is 4.40. The van der Waals surface area contributed by atoms with Gasteiger partial charge in [0.05, 0.1) is 5.02 Å². The van der Waals surface area contributed by atoms with Crippen molar-refractivity contribution in [3.63, 3.8) is 0 Å². The second-order valence-electron chi connectivity index (χ2n) is 3.04. The van der Waals surface area contributed by atoms with Gasteiger partial charge in [0.2, 0.25) is 0 Å². The van der Waals surface area contributed by atoms with E-state index in [0.717, 1.165) is 16.3 Å². The quantitative estimate of drug-likeness (QED) is 0.852. The molecule has 1 unspecified atom stereocenters. The van der Waals surface area contributed by atoms with Crippen LogP contribution in [0, 0.1) is 5.92 Å². The first-order chi connectivity index (χ1) is 5.66. The Bertz CT molecular complexity index is 250. The molecule has 0 aromatic carbocycles. The van der Waals surface area contributed by atoms with E-state index in [0.29, 0.717) is 5.92 Å². The summed E-state index contributed by atoms with van der Waals surface area (Å²) in [6.07, 6.45) is 1.09. The molecule has 1 nitrogen and oxygen atoms in total. The summed E-state index contributed by atoms with van der Waals surface area (Å²) in [5.41, 5.74) is 6.02. The summed E-state index contributed by atoms with van der Waals surface area (Å²) in [5, 5.41) is 2.80. The molecule has 0 aliphatic heterocycles. The van der Waals surface area contributed by atoms with Crippen LogP contribution >= 0.6 is 35.3 Å². The number of thiophene rings is 1. The van der Waals surface area contributed by atoms with Crippen LogP contribution in [0.15, 0.2) is 11.4 Å². The molecular formula is C9H15Cl2NS. The first-order valence-electron chi connectivity index (χ1n) is 4.15. The Hall–Kier alpha value is 0.240. The number of nitrogens with two attached hydrogens (primary N) is 1. The maximum Gasteiger partial charge on any atom is 0.0561 e. The van der Waals surface area contributed by atoms with Gasteiger partial charge in [-0.15, -0.1) is 23.7 Å². The molecule has 1 aromatic heterocycles. The molecule has 4 heteroatoms. The van der Waals surface area contributed by atoms with Gasteiger partial charge in [0.15, 0.2) is 0 Å². The van der Waals surface area contributed by atoms with E-state index in [1.165, 1.54) is 0 Å². The molecule has 0 fully saturated rings. The molecule has 0 spiro atoms. The summed E-state index contributed by atoms with van der Waals surface area (Å²) >= 11 is 7.61. The van der Waals surface area contributed by atoms with Gasteiger partial charge in [0.1, 0.15) is 0 Å². The van der Waals surface area contributed by atoms with E-state index in [1.807, 2.05) is 11.4 Å². The first kappa shape index (κ1) is 13.2. The second kappa shape index (κ2) is 5.86. The third-order valence-electron chi connectivity index (χ3n) is 2.20. The fourth-order valence-electron chi connectivity index (χ4n) is 1.06. The van der Waals surface area contributed by atoms with Crippen LogP contribution in [0.25, 0.3) is 0 Å². The standard InChI is InChI=1S/C9H14ClNS.ClH/c1-3-6(2)8(11)9-7(10)4-5-12-9;/h4-6,8H,3,11H2,1-2H3;1H/t6?,8-;/m1./s1. The largest absolute Gasteiger partial charge is 0.323 e. The molecule has 1 aromatic rings. The van der Waals surface area contributed by atoms with Crippen LogP contribution in [-0.2, 0) is 0 Å². The highest BCUT2D eigenvalue weighted by atomic mass is 35.5. The minimum absolute atomic E-state index is 0. The molecule has 0 aliphatic carbocycles. The Kier molecular flexibility index (Phi) is 5.97. The maximum absolute atomic E-state index is 6.02. The molecule has 2 atom stereocenters. The third-order valence-corrected chi connectivity index (χ3v) is 3.66. The zero-order chi connectivity index (χ0) is 9.14. The van der Waals surface area contributed by atoms with Gasteiger partial charge < -0.3 is 5.73 Å². The van der Waals surface area contributed by atoms with Crippen molar-refractivity contribution >= 4 is 35.3 Å². The fraction of sp³-hybridized carbons (Fsp3) is 0.556. The lowest BCUT2D eigenvalue weighted by atomic mass is 9.99. The van der Waals surface area contributed by atoms with Crippen molar-refractivity contribution in [2.45, 2.75) is 26.3 Å². The Morgan fingerprint density at radius 1 is 1.62 bits per heavy atom. The molecule has 0 saturated heterocycles. The Labute approximate surface area is 94.7 Å². The average Bonchev–Trinajstić information content (AvgIpc) is 2.48. The van der Waals surface area contributed by atoms with Crippen molar-refractivity contribution in [2.24, 2.45) is 11.7 Å². The van der Waals surface area contributed by atoms with E-state index in [-0.39, 0.29) is 18.4 Å². The third kappa shape index (κ3) is 3.13. The molecule has 0 aliphatic rings. The van der Waals surface area contributed by atoms with Crippen LogP contribution in [0.4, 0.5) is 0 Å². The van der Waals surface area contributed by atoms with Crippen LogP contribution < -0.4 is 5.73 Å². The van der Waals surface area contributed by atoms with E-state index in [4.69, 9.17) is 17.3 Å². The van der Waals surface area contributed by atoms with Gasteiger partial charge in [-0.2, -0.15) is 0 Å². The Balaban J connectivity index is 0.00000144. The molecule has 0 amide bonds. The predicted octanol–water partition coefficient (Wildman–Crippen LogP) is 3.87. The SMILES string of the molecule is CCC(C)[C@@H](N)c1sccc1Cl.Cl. The van der Waals surface area contributed by atoms with E-state index in [9.17, 15) is 0 Å². The van der Waals surface area contributed by atoms with Crippen LogP contribution in [0.3, 0.4) is 0 Å². The molecular weight excluding hydrogens is 225 g/mol. The summed E-state index contributed by atoms with van der Waals surface area (Å²) in [6, 6.07) is 2.01. The highest BCUT2D eigenvalue weighted by Gasteiger charge is 2.16. The summed E-state index contributed by atoms with van der Waals surface area (Å²) in [4.78, 5) is 1.12. The number of hydrogen-bond donors (Lipinski definition) is 1. The van der Waals surface area contributed by atoms with Crippen LogP contribution in [0.1, 0.15) is 31.2 Å². The van der Waals surface area contributed by atoms with Crippen molar-refractivity contribution in [3.8, 4) is 0 Å². The van der Waals surface area contributed by atoms with E-state index >= 15 is 0 Å². The summed E-state index contributed by atoms with van der Waals surface area (Å²) in [6.45, 7) is 4.30. The highest BCUT2D eigenvalue weighted by molar-refractivity contribution is 7.10. The zero-order valence-corrected chi connectivity index (χ0v) is 10.2. The molecule has 0 radical (unpaired) electrons. The number of rotatable bonds is 3. The smallest absolute Gasteiger partial charge is 0.0561 e. The van der Waals surface area contributed by atoms with Crippen molar-refractivity contribution in [1.29, 1.82) is 0 Å². The molecule has 2 N–H and O–H groups in total. The maximum atomic E-state index is 6.02. The van der Waals surface area contributed by atoms with Gasteiger partial charge in [-0.3, -0.25) is 0 Å². The lowest BCUT2D eigenvalue weighted by Gasteiger charge is -2.16. The predicted molar refractivity (Wildman–Crippen MR) is 63.0 cm³/mol. The minimum atomic E-state index is 0. The van der Waals surface area contributed by atoms with Gasteiger partial charge in [-0.05, 0) is 17.4 Å². The lowest BCUT2D eigenvalue weighted by Crippen LogP contribution is -2.17. The van der Waals surface area contributed by atoms with Crippen LogP contribution in [-0.4, -0.2) is 0 Å². The molecule has 1 rings (SSSR count). The zero-order valence-electron chi connectivity index (χ0n) is 7.79. The van der Waals surface area contributed by atoms with Crippen molar-refractivity contribution in [1.82, 2.24) is 0 Å². The molecule has 1 heterocycles. The fourth-order valence-corrected chi connectivity index (χ4v) is 2.37. The van der Waals surface area contributed by atoms with Crippen LogP contribution in [0.2, 0.25) is 5.02 Å². The van der Waals surface area contributed by atoms with Gasteiger partial charge in [-0.25, -0.2) is 0 Å². The van der Waals surface area contributed by atoms with Crippen LogP contribution in [0.5, 0.6) is 0 Å². The minimum Gasteiger partial charge on any atom is -0.323 e. The van der Waals surface area contributed by atoms with Crippen molar-refractivity contribution in [3.05, 3.63) is 21.3 Å². The molecule has 76 valence electrons. The summed E-state index contributed by atoms with van der Waals surface area (Å²) < 4.78 is 0. The average molecular weight is 240 g/mol. The Morgan fingerprint density at radius 2 is 2.23 bits per heavy atom. The summed E-state index contributed by atoms with van der Waals surface area (Å²) in [5.74, 6) is 0.501. The summed E-state index contributed by atoms with van der Waals surface area (Å²) in [7, 11) is 0. The molecule has 0 bridgehead atoms. The van der Waals surface area contributed by atoms with E-state index in [2.05, 4.69) is 13.8 Å². The van der Waals surface area contributed by atoms with E-state index < -0.39 is 0 Å². The highest BCUT2D eigenvalue weighted by Crippen LogP contribution is 2.32. The first-order valence-corrected chi connectivity index (χ1v) is 5.41. The van der Waals surface area contributed by atoms with Gasteiger partial charge in [0.25, 0.3) is 0 Å². The molecule has 0 saturated carbocycles. The topological polar surface area (TPSA) is 26.0 Å². The van der Waals surface area contributed by atoms with Gasteiger partial charge >= 0.3 is 0 Å². The normalized spacial score (nSPS) is 14.8. The lowest BCUT2D eigenvalue weighted by molar-refractivity contribution is 0.462. The van der Waals surface area contributed by atoms with Gasteiger partial charge in [0, 0.05) is 10.9 Å². The Morgan fingerprint density at radius 3 is 2.62 bits per heavy atom. The van der Waals surface area contributed by atoms with Crippen molar-refractivity contribution in [2.75, 3.05) is 0 Å². The monoisotopic (exact) mass is 239 g/mol. The molecule has 13 heavy (non-hydrogen) atoms. The van der Waals surface area contributed by atoms with Gasteiger partial charge in [-0.1, -0.05) is 31.9 Å². The number of hydrogen-bond acceptors (Lipinski definition) is 2. The van der Waals surface area contributed by atoms with E-state index in [1.54, 1.807) is 11.3 Å². The van der Waals surface area contributed by atoms with Crippen molar-refractivity contribution < 1.29 is 0 Å². The number of halogens is 2.